The Kier molecular flexibility index (Phi) is 10.6. The summed E-state index contributed by atoms with van der Waals surface area (Å²) in [5, 5.41) is 6.65. The van der Waals surface area contributed by atoms with Crippen molar-refractivity contribution >= 4 is 39.8 Å². The first kappa shape index (κ1) is 22.0. The summed E-state index contributed by atoms with van der Waals surface area (Å²) in [6, 6.07) is 0. The Bertz CT molecular complexity index is 476. The average molecular weight is 471 g/mol. The highest BCUT2D eigenvalue weighted by molar-refractivity contribution is 14.0. The van der Waals surface area contributed by atoms with Gasteiger partial charge in [-0.25, -0.2) is 8.42 Å². The van der Waals surface area contributed by atoms with E-state index in [1.165, 1.54) is 44.9 Å². The molecule has 0 aromatic rings. The summed E-state index contributed by atoms with van der Waals surface area (Å²) >= 11 is 0. The number of aliphatic imine (C=N–C) groups is 1. The van der Waals surface area contributed by atoms with Crippen LogP contribution in [0, 0.1) is 11.8 Å². The summed E-state index contributed by atoms with van der Waals surface area (Å²) in [7, 11) is -2.80. The van der Waals surface area contributed by atoms with E-state index in [1.54, 1.807) is 0 Å². The lowest BCUT2D eigenvalue weighted by Crippen LogP contribution is -2.38. The molecule has 1 saturated carbocycles. The Morgan fingerprint density at radius 3 is 2.46 bits per heavy atom. The van der Waals surface area contributed by atoms with Crippen LogP contribution in [0.25, 0.3) is 0 Å². The first-order valence-corrected chi connectivity index (χ1v) is 11.1. The topological polar surface area (TPSA) is 70.6 Å². The third-order valence-electron chi connectivity index (χ3n) is 4.98. The smallest absolute Gasteiger partial charge is 0.191 e. The molecule has 2 fully saturated rings. The maximum atomic E-state index is 11.5. The second-order valence-electron chi connectivity index (χ2n) is 7.06. The molecule has 1 heterocycles. The molecular weight excluding hydrogens is 437 g/mol. The minimum Gasteiger partial charge on any atom is -0.357 e. The maximum Gasteiger partial charge on any atom is 0.191 e. The largest absolute Gasteiger partial charge is 0.357 e. The number of rotatable bonds is 7. The van der Waals surface area contributed by atoms with E-state index in [0.29, 0.717) is 18.1 Å². The predicted molar refractivity (Wildman–Crippen MR) is 112 cm³/mol. The molecule has 0 amide bonds. The van der Waals surface area contributed by atoms with Crippen LogP contribution in [-0.4, -0.2) is 45.5 Å². The van der Waals surface area contributed by atoms with Crippen molar-refractivity contribution < 1.29 is 8.42 Å². The van der Waals surface area contributed by atoms with E-state index in [-0.39, 0.29) is 29.9 Å². The normalized spacial score (nSPS) is 24.4. The zero-order valence-electron chi connectivity index (χ0n) is 14.9. The molecule has 0 spiro atoms. The van der Waals surface area contributed by atoms with Gasteiger partial charge in [-0.2, -0.15) is 0 Å². The van der Waals surface area contributed by atoms with Crippen molar-refractivity contribution in [1.29, 1.82) is 0 Å². The third kappa shape index (κ3) is 8.36. The number of nitrogens with one attached hydrogen (secondary N) is 2. The van der Waals surface area contributed by atoms with Crippen LogP contribution >= 0.6 is 24.0 Å². The average Bonchev–Trinajstić information content (AvgIpc) is 2.89. The van der Waals surface area contributed by atoms with Crippen LogP contribution in [0.3, 0.4) is 0 Å². The molecule has 0 radical (unpaired) electrons. The Morgan fingerprint density at radius 2 is 1.83 bits per heavy atom. The lowest BCUT2D eigenvalue weighted by atomic mass is 9.86. The minimum atomic E-state index is -2.80. The summed E-state index contributed by atoms with van der Waals surface area (Å²) in [5.74, 6) is 2.59. The molecule has 1 atom stereocenters. The summed E-state index contributed by atoms with van der Waals surface area (Å²) in [6.07, 6.45) is 10.3. The molecular formula is C17H34IN3O2S. The molecule has 5 nitrogen and oxygen atoms in total. The van der Waals surface area contributed by atoms with Crippen LogP contribution in [0.15, 0.2) is 4.99 Å². The lowest BCUT2D eigenvalue weighted by Gasteiger charge is -2.21. The molecule has 24 heavy (non-hydrogen) atoms. The number of sulfone groups is 1. The van der Waals surface area contributed by atoms with Gasteiger partial charge in [0, 0.05) is 19.6 Å². The SMILES string of the molecule is CCNC(=NCC1CCS(=O)(=O)C1)NCCCC1CCCCC1.I. The van der Waals surface area contributed by atoms with Gasteiger partial charge in [-0.1, -0.05) is 32.1 Å². The molecule has 1 saturated heterocycles. The van der Waals surface area contributed by atoms with Crippen LogP contribution in [0.1, 0.15) is 58.3 Å². The van der Waals surface area contributed by atoms with Crippen molar-refractivity contribution in [3.63, 3.8) is 0 Å². The summed E-state index contributed by atoms with van der Waals surface area (Å²) in [4.78, 5) is 4.58. The van der Waals surface area contributed by atoms with E-state index in [9.17, 15) is 8.42 Å². The van der Waals surface area contributed by atoms with Gasteiger partial charge in [0.1, 0.15) is 0 Å². The molecule has 2 rings (SSSR count). The summed E-state index contributed by atoms with van der Waals surface area (Å²) < 4.78 is 23.0. The van der Waals surface area contributed by atoms with Crippen molar-refractivity contribution in [2.75, 3.05) is 31.1 Å². The number of hydrogen-bond donors (Lipinski definition) is 2. The maximum absolute atomic E-state index is 11.5. The fourth-order valence-corrected chi connectivity index (χ4v) is 5.50. The molecule has 0 bridgehead atoms. The van der Waals surface area contributed by atoms with Crippen molar-refractivity contribution in [2.45, 2.75) is 58.3 Å². The Morgan fingerprint density at radius 1 is 1.08 bits per heavy atom. The van der Waals surface area contributed by atoms with Gasteiger partial charge in [0.05, 0.1) is 11.5 Å². The van der Waals surface area contributed by atoms with Gasteiger partial charge in [-0.15, -0.1) is 24.0 Å². The summed E-state index contributed by atoms with van der Waals surface area (Å²) in [5.41, 5.74) is 0. The highest BCUT2D eigenvalue weighted by atomic mass is 127. The van der Waals surface area contributed by atoms with Crippen molar-refractivity contribution in [3.8, 4) is 0 Å². The van der Waals surface area contributed by atoms with E-state index in [2.05, 4.69) is 22.5 Å². The quantitative estimate of drug-likeness (QED) is 0.259. The van der Waals surface area contributed by atoms with Gasteiger partial charge in [-0.05, 0) is 38.0 Å². The number of nitrogens with zero attached hydrogens (tertiary/aromatic N) is 1. The molecule has 7 heteroatoms. The monoisotopic (exact) mass is 471 g/mol. The lowest BCUT2D eigenvalue weighted by molar-refractivity contribution is 0.332. The molecule has 1 aliphatic heterocycles. The number of halogens is 1. The second kappa shape index (κ2) is 11.5. The van der Waals surface area contributed by atoms with Gasteiger partial charge in [0.15, 0.2) is 15.8 Å². The van der Waals surface area contributed by atoms with E-state index in [1.807, 2.05) is 0 Å². The molecule has 0 aromatic carbocycles. The standard InChI is InChI=1S/C17H33N3O2S.HI/c1-2-18-17(20-13-16-10-12-23(21,22)14-16)19-11-6-9-15-7-4-3-5-8-15;/h15-16H,2-14H2,1H3,(H2,18,19,20);1H. The molecule has 1 aliphatic carbocycles. The van der Waals surface area contributed by atoms with E-state index >= 15 is 0 Å². The van der Waals surface area contributed by atoms with Gasteiger partial charge >= 0.3 is 0 Å². The van der Waals surface area contributed by atoms with Gasteiger partial charge < -0.3 is 10.6 Å². The molecule has 0 aromatic heterocycles. The van der Waals surface area contributed by atoms with E-state index in [0.717, 1.165) is 31.4 Å². The van der Waals surface area contributed by atoms with Crippen LogP contribution in [0.4, 0.5) is 0 Å². The highest BCUT2D eigenvalue weighted by Gasteiger charge is 2.27. The van der Waals surface area contributed by atoms with Crippen LogP contribution < -0.4 is 10.6 Å². The predicted octanol–water partition coefficient (Wildman–Crippen LogP) is 2.95. The fraction of sp³-hybridized carbons (Fsp3) is 0.941. The van der Waals surface area contributed by atoms with Crippen molar-refractivity contribution in [3.05, 3.63) is 0 Å². The zero-order chi connectivity index (χ0) is 16.5. The van der Waals surface area contributed by atoms with Crippen molar-refractivity contribution in [1.82, 2.24) is 10.6 Å². The van der Waals surface area contributed by atoms with Crippen LogP contribution in [0.2, 0.25) is 0 Å². The third-order valence-corrected chi connectivity index (χ3v) is 6.82. The highest BCUT2D eigenvalue weighted by Crippen LogP contribution is 2.26. The van der Waals surface area contributed by atoms with E-state index < -0.39 is 9.84 Å². The molecule has 2 N–H and O–H groups in total. The second-order valence-corrected chi connectivity index (χ2v) is 9.29. The molecule has 2 aliphatic rings. The Hall–Kier alpha value is -0.0500. The van der Waals surface area contributed by atoms with Crippen LogP contribution in [-0.2, 0) is 9.84 Å². The van der Waals surface area contributed by atoms with Crippen molar-refractivity contribution in [2.24, 2.45) is 16.8 Å². The molecule has 1 unspecified atom stereocenters. The van der Waals surface area contributed by atoms with Gasteiger partial charge in [0.2, 0.25) is 0 Å². The van der Waals surface area contributed by atoms with Gasteiger partial charge in [0.25, 0.3) is 0 Å². The first-order chi connectivity index (χ1) is 11.1. The summed E-state index contributed by atoms with van der Waals surface area (Å²) in [6.45, 7) is 4.44. The Labute approximate surface area is 164 Å². The Balaban J connectivity index is 0.00000288. The molecule has 142 valence electrons. The van der Waals surface area contributed by atoms with Crippen LogP contribution in [0.5, 0.6) is 0 Å². The zero-order valence-corrected chi connectivity index (χ0v) is 18.1. The number of guanidine groups is 1. The first-order valence-electron chi connectivity index (χ1n) is 9.31. The van der Waals surface area contributed by atoms with E-state index in [4.69, 9.17) is 0 Å². The minimum absolute atomic E-state index is 0. The fourth-order valence-electron chi connectivity index (χ4n) is 3.65. The number of hydrogen-bond acceptors (Lipinski definition) is 3. The van der Waals surface area contributed by atoms with Gasteiger partial charge in [-0.3, -0.25) is 4.99 Å².